The maximum atomic E-state index is 12.0. The molecule has 1 aliphatic rings. The summed E-state index contributed by atoms with van der Waals surface area (Å²) in [6.45, 7) is 5.70. The van der Waals surface area contributed by atoms with Crippen LogP contribution in [0.3, 0.4) is 0 Å². The lowest BCUT2D eigenvalue weighted by Crippen LogP contribution is -2.39. The van der Waals surface area contributed by atoms with Crippen LogP contribution in [-0.4, -0.2) is 76.7 Å². The minimum atomic E-state index is -3.54. The largest absolute Gasteiger partial charge is 0.379 e. The summed E-state index contributed by atoms with van der Waals surface area (Å²) < 4.78 is 31.7. The van der Waals surface area contributed by atoms with E-state index in [4.69, 9.17) is 10.5 Å². The topological polar surface area (TPSA) is 122 Å². The number of aromatic nitrogens is 1. The van der Waals surface area contributed by atoms with E-state index >= 15 is 0 Å². The lowest BCUT2D eigenvalue weighted by atomic mass is 10.3. The summed E-state index contributed by atoms with van der Waals surface area (Å²) in [5.74, 6) is 0.322. The van der Waals surface area contributed by atoms with Crippen molar-refractivity contribution in [2.24, 2.45) is 10.7 Å². The monoisotopic (exact) mass is 498 g/mol. The van der Waals surface area contributed by atoms with Crippen LogP contribution >= 0.6 is 24.0 Å². The summed E-state index contributed by atoms with van der Waals surface area (Å²) in [5.41, 5.74) is 5.77. The standard InChI is InChI=1S/C15H26N6O3S.HI/c16-15(18-5-2-8-21-9-11-24-12-10-21)19-6-7-20-25(22,23)14-3-1-4-17-13-14;/h1,3-4,13,20H,2,5-12H2,(H3,16,18,19);1H. The fourth-order valence-electron chi connectivity index (χ4n) is 2.34. The molecular formula is C15H27IN6O3S. The number of rotatable bonds is 9. The van der Waals surface area contributed by atoms with Gasteiger partial charge in [0.05, 0.1) is 13.2 Å². The summed E-state index contributed by atoms with van der Waals surface area (Å²) in [4.78, 5) is 10.5. The molecule has 11 heteroatoms. The second-order valence-electron chi connectivity index (χ2n) is 5.59. The van der Waals surface area contributed by atoms with E-state index in [9.17, 15) is 8.42 Å². The van der Waals surface area contributed by atoms with Gasteiger partial charge in [-0.05, 0) is 18.6 Å². The molecule has 0 bridgehead atoms. The van der Waals surface area contributed by atoms with Gasteiger partial charge in [-0.15, -0.1) is 24.0 Å². The van der Waals surface area contributed by atoms with Gasteiger partial charge in [-0.3, -0.25) is 14.9 Å². The van der Waals surface area contributed by atoms with Crippen molar-refractivity contribution in [3.8, 4) is 0 Å². The molecule has 1 saturated heterocycles. The minimum absolute atomic E-state index is 0. The summed E-state index contributed by atoms with van der Waals surface area (Å²) in [5, 5.41) is 2.90. The van der Waals surface area contributed by atoms with Crippen LogP contribution in [0, 0.1) is 0 Å². The maximum Gasteiger partial charge on any atom is 0.242 e. The summed E-state index contributed by atoms with van der Waals surface area (Å²) >= 11 is 0. The van der Waals surface area contributed by atoms with Crippen molar-refractivity contribution in [2.45, 2.75) is 11.3 Å². The Labute approximate surface area is 171 Å². The lowest BCUT2D eigenvalue weighted by Gasteiger charge is -2.26. The molecule has 4 N–H and O–H groups in total. The highest BCUT2D eigenvalue weighted by Crippen LogP contribution is 2.04. The van der Waals surface area contributed by atoms with Crippen molar-refractivity contribution in [2.75, 3.05) is 52.5 Å². The fourth-order valence-corrected chi connectivity index (χ4v) is 3.33. The quantitative estimate of drug-likeness (QED) is 0.183. The molecule has 0 atom stereocenters. The Morgan fingerprint density at radius 3 is 2.81 bits per heavy atom. The Kier molecular flexibility index (Phi) is 11.0. The number of aliphatic imine (C=N–C) groups is 1. The Balaban J connectivity index is 0.00000338. The Bertz CT molecular complexity index is 638. The van der Waals surface area contributed by atoms with Gasteiger partial charge in [-0.2, -0.15) is 0 Å². The van der Waals surface area contributed by atoms with Gasteiger partial charge in [0, 0.05) is 51.7 Å². The van der Waals surface area contributed by atoms with Crippen LogP contribution in [0.1, 0.15) is 6.42 Å². The highest BCUT2D eigenvalue weighted by atomic mass is 127. The molecule has 2 rings (SSSR count). The predicted octanol–water partition coefficient (Wildman–Crippen LogP) is -0.395. The number of nitrogens with zero attached hydrogens (tertiary/aromatic N) is 3. The average molecular weight is 498 g/mol. The number of sulfonamides is 1. The van der Waals surface area contributed by atoms with Crippen LogP contribution in [0.15, 0.2) is 34.4 Å². The van der Waals surface area contributed by atoms with Crippen molar-refractivity contribution >= 4 is 40.0 Å². The number of halogens is 1. The second-order valence-corrected chi connectivity index (χ2v) is 7.35. The number of morpholine rings is 1. The van der Waals surface area contributed by atoms with E-state index < -0.39 is 10.0 Å². The van der Waals surface area contributed by atoms with Crippen LogP contribution in [-0.2, 0) is 14.8 Å². The van der Waals surface area contributed by atoms with Gasteiger partial charge in [0.1, 0.15) is 4.90 Å². The molecule has 0 radical (unpaired) electrons. The molecule has 0 spiro atoms. The molecule has 1 aromatic rings. The van der Waals surface area contributed by atoms with E-state index in [1.165, 1.54) is 18.5 Å². The maximum absolute atomic E-state index is 12.0. The van der Waals surface area contributed by atoms with Crippen LogP contribution in [0.5, 0.6) is 0 Å². The zero-order chi connectivity index (χ0) is 18.0. The van der Waals surface area contributed by atoms with Crippen molar-refractivity contribution in [3.05, 3.63) is 24.5 Å². The number of guanidine groups is 1. The predicted molar refractivity (Wildman–Crippen MR) is 111 cm³/mol. The summed E-state index contributed by atoms with van der Waals surface area (Å²) in [7, 11) is -3.54. The number of hydrogen-bond donors (Lipinski definition) is 3. The summed E-state index contributed by atoms with van der Waals surface area (Å²) in [6, 6.07) is 3.07. The minimum Gasteiger partial charge on any atom is -0.379 e. The van der Waals surface area contributed by atoms with Gasteiger partial charge in [0.25, 0.3) is 0 Å². The van der Waals surface area contributed by atoms with Crippen LogP contribution in [0.2, 0.25) is 0 Å². The molecule has 0 amide bonds. The molecular weight excluding hydrogens is 471 g/mol. The Morgan fingerprint density at radius 2 is 2.12 bits per heavy atom. The van der Waals surface area contributed by atoms with E-state index in [1.54, 1.807) is 6.07 Å². The summed E-state index contributed by atoms with van der Waals surface area (Å²) in [6.07, 6.45) is 3.76. The third-order valence-corrected chi connectivity index (χ3v) is 5.13. The first-order chi connectivity index (χ1) is 12.1. The van der Waals surface area contributed by atoms with Crippen molar-refractivity contribution < 1.29 is 13.2 Å². The fraction of sp³-hybridized carbons (Fsp3) is 0.600. The van der Waals surface area contributed by atoms with Gasteiger partial charge in [-0.25, -0.2) is 13.1 Å². The van der Waals surface area contributed by atoms with Gasteiger partial charge >= 0.3 is 0 Å². The number of ether oxygens (including phenoxy) is 1. The molecule has 0 unspecified atom stereocenters. The second kappa shape index (κ2) is 12.4. The molecule has 1 aliphatic heterocycles. The van der Waals surface area contributed by atoms with Crippen molar-refractivity contribution in [1.29, 1.82) is 0 Å². The molecule has 0 saturated carbocycles. The molecule has 1 fully saturated rings. The molecule has 148 valence electrons. The zero-order valence-electron chi connectivity index (χ0n) is 14.6. The SMILES string of the molecule is I.NC(=NCCCN1CCOCC1)NCCNS(=O)(=O)c1cccnc1. The highest BCUT2D eigenvalue weighted by Gasteiger charge is 2.12. The van der Waals surface area contributed by atoms with Crippen molar-refractivity contribution in [1.82, 2.24) is 19.9 Å². The van der Waals surface area contributed by atoms with Gasteiger partial charge < -0.3 is 15.8 Å². The van der Waals surface area contributed by atoms with Gasteiger partial charge in [0.2, 0.25) is 10.0 Å². The number of nitrogens with one attached hydrogen (secondary N) is 2. The van der Waals surface area contributed by atoms with Crippen LogP contribution in [0.4, 0.5) is 0 Å². The highest BCUT2D eigenvalue weighted by molar-refractivity contribution is 14.0. The zero-order valence-corrected chi connectivity index (χ0v) is 17.8. The molecule has 2 heterocycles. The normalized spacial score (nSPS) is 16.1. The van der Waals surface area contributed by atoms with E-state index in [0.717, 1.165) is 39.3 Å². The third-order valence-electron chi connectivity index (χ3n) is 3.69. The molecule has 0 aromatic carbocycles. The van der Waals surface area contributed by atoms with Crippen LogP contribution < -0.4 is 15.8 Å². The molecule has 1 aromatic heterocycles. The molecule has 9 nitrogen and oxygen atoms in total. The third kappa shape index (κ3) is 8.58. The molecule has 26 heavy (non-hydrogen) atoms. The lowest BCUT2D eigenvalue weighted by molar-refractivity contribution is 0.0377. The first kappa shape index (κ1) is 23.0. The van der Waals surface area contributed by atoms with Crippen molar-refractivity contribution in [3.63, 3.8) is 0 Å². The van der Waals surface area contributed by atoms with Gasteiger partial charge in [-0.1, -0.05) is 0 Å². The Hall–Kier alpha value is -1.02. The van der Waals surface area contributed by atoms with Gasteiger partial charge in [0.15, 0.2) is 5.96 Å². The van der Waals surface area contributed by atoms with E-state index in [1.807, 2.05) is 0 Å². The Morgan fingerprint density at radius 1 is 1.35 bits per heavy atom. The number of pyridine rings is 1. The van der Waals surface area contributed by atoms with E-state index in [-0.39, 0.29) is 35.4 Å². The average Bonchev–Trinajstić information content (AvgIpc) is 2.64. The smallest absolute Gasteiger partial charge is 0.242 e. The number of hydrogen-bond acceptors (Lipinski definition) is 6. The van der Waals surface area contributed by atoms with E-state index in [2.05, 4.69) is 24.9 Å². The number of nitrogens with two attached hydrogens (primary N) is 1. The van der Waals surface area contributed by atoms with Crippen LogP contribution in [0.25, 0.3) is 0 Å². The van der Waals surface area contributed by atoms with E-state index in [0.29, 0.717) is 19.0 Å². The molecule has 0 aliphatic carbocycles. The first-order valence-electron chi connectivity index (χ1n) is 8.31. The first-order valence-corrected chi connectivity index (χ1v) is 9.80.